The minimum absolute atomic E-state index is 0.322. The highest BCUT2D eigenvalue weighted by molar-refractivity contribution is 5.85. The number of amides is 1. The second-order valence-electron chi connectivity index (χ2n) is 6.71. The lowest BCUT2D eigenvalue weighted by atomic mass is 10.1. The molecule has 1 unspecified atom stereocenters. The van der Waals surface area contributed by atoms with Crippen molar-refractivity contribution >= 4 is 11.7 Å². The van der Waals surface area contributed by atoms with E-state index in [0.29, 0.717) is 16.8 Å². The number of halogens is 1. The van der Waals surface area contributed by atoms with Gasteiger partial charge in [0.1, 0.15) is 17.7 Å². The number of hydrogen-bond acceptors (Lipinski definition) is 5. The van der Waals surface area contributed by atoms with Gasteiger partial charge in [-0.25, -0.2) is 9.37 Å². The number of pyridine rings is 1. The summed E-state index contributed by atoms with van der Waals surface area (Å²) in [6, 6.07) is 9.64. The fraction of sp³-hybridized carbons (Fsp3) is 0.333. The summed E-state index contributed by atoms with van der Waals surface area (Å²) >= 11 is 0. The van der Waals surface area contributed by atoms with Crippen LogP contribution in [0.1, 0.15) is 19.4 Å². The van der Waals surface area contributed by atoms with Crippen LogP contribution in [0.25, 0.3) is 11.3 Å². The maximum absolute atomic E-state index is 14.8. The van der Waals surface area contributed by atoms with Gasteiger partial charge >= 0.3 is 0 Å². The van der Waals surface area contributed by atoms with Gasteiger partial charge in [-0.1, -0.05) is 31.4 Å². The fourth-order valence-corrected chi connectivity index (χ4v) is 2.98. The van der Waals surface area contributed by atoms with Crippen LogP contribution in [0.15, 0.2) is 49.2 Å². The molecule has 164 valence electrons. The van der Waals surface area contributed by atoms with Crippen LogP contribution in [0.2, 0.25) is 0 Å². The first-order chi connectivity index (χ1) is 15.0. The highest BCUT2D eigenvalue weighted by atomic mass is 19.1. The van der Waals surface area contributed by atoms with Gasteiger partial charge in [0, 0.05) is 30.8 Å². The van der Waals surface area contributed by atoms with Crippen molar-refractivity contribution in [1.82, 2.24) is 20.9 Å². The van der Waals surface area contributed by atoms with Gasteiger partial charge in [0.2, 0.25) is 0 Å². The zero-order valence-corrected chi connectivity index (χ0v) is 18.3. The molecule has 0 bridgehead atoms. The summed E-state index contributed by atoms with van der Waals surface area (Å²) in [6.07, 6.45) is 1.30. The van der Waals surface area contributed by atoms with E-state index < -0.39 is 11.9 Å². The summed E-state index contributed by atoms with van der Waals surface area (Å²) in [6.45, 7) is 11.0. The maximum Gasteiger partial charge on any atom is 0.253 e. The number of hydrogen-bond donors (Lipinski definition) is 3. The van der Waals surface area contributed by atoms with Gasteiger partial charge < -0.3 is 15.5 Å². The highest BCUT2D eigenvalue weighted by Gasteiger charge is 2.13. The van der Waals surface area contributed by atoms with E-state index in [0.717, 1.165) is 32.0 Å². The number of rotatable bonds is 10. The van der Waals surface area contributed by atoms with Crippen LogP contribution in [-0.4, -0.2) is 50.2 Å². The van der Waals surface area contributed by atoms with Crippen molar-refractivity contribution in [2.24, 2.45) is 0 Å². The van der Waals surface area contributed by atoms with E-state index in [1.54, 1.807) is 25.2 Å². The highest BCUT2D eigenvalue weighted by Crippen LogP contribution is 2.24. The largest absolute Gasteiger partial charge is 0.356 e. The Morgan fingerprint density at radius 1 is 1.32 bits per heavy atom. The SMILES string of the molecule is C=CNC(=O)C(C#Cc1ccc(-c2cccc(N(CC)CCNCC)n2)c(F)c1)NC. The molecule has 6 nitrogen and oxygen atoms in total. The number of carbonyl (C=O) groups is 1. The van der Waals surface area contributed by atoms with Crippen LogP contribution in [0, 0.1) is 17.7 Å². The number of anilines is 1. The fourth-order valence-electron chi connectivity index (χ4n) is 2.98. The van der Waals surface area contributed by atoms with E-state index in [1.807, 2.05) is 12.1 Å². The van der Waals surface area contributed by atoms with Crippen molar-refractivity contribution in [3.05, 3.63) is 60.6 Å². The Morgan fingerprint density at radius 2 is 2.13 bits per heavy atom. The zero-order valence-electron chi connectivity index (χ0n) is 18.3. The van der Waals surface area contributed by atoms with Gasteiger partial charge in [-0.2, -0.15) is 0 Å². The van der Waals surface area contributed by atoms with Crippen LogP contribution in [0.5, 0.6) is 0 Å². The molecule has 2 aromatic rings. The van der Waals surface area contributed by atoms with Crippen molar-refractivity contribution in [2.75, 3.05) is 38.1 Å². The molecular formula is C24H30FN5O. The second-order valence-corrected chi connectivity index (χ2v) is 6.71. The van der Waals surface area contributed by atoms with Crippen LogP contribution in [0.3, 0.4) is 0 Å². The molecule has 1 aromatic heterocycles. The average molecular weight is 424 g/mol. The van der Waals surface area contributed by atoms with E-state index >= 15 is 0 Å². The molecule has 1 heterocycles. The van der Waals surface area contributed by atoms with Crippen molar-refractivity contribution in [2.45, 2.75) is 19.9 Å². The smallest absolute Gasteiger partial charge is 0.253 e. The second kappa shape index (κ2) is 12.5. The lowest BCUT2D eigenvalue weighted by Crippen LogP contribution is -2.39. The Hall–Kier alpha value is -3.21. The monoisotopic (exact) mass is 423 g/mol. The molecule has 0 radical (unpaired) electrons. The van der Waals surface area contributed by atoms with Gasteiger partial charge in [-0.05, 0) is 57.0 Å². The lowest BCUT2D eigenvalue weighted by Gasteiger charge is -2.22. The van der Waals surface area contributed by atoms with Crippen molar-refractivity contribution < 1.29 is 9.18 Å². The standard InChI is InChI=1S/C24H30FN5O/c1-5-27-15-16-30(7-3)23-10-8-9-21(29-23)19-13-11-18(17-20(19)25)12-14-22(26-4)24(31)28-6-2/h6,8-11,13,17,22,26-27H,2,5,7,15-16H2,1,3-4H3,(H,28,31). The Labute approximate surface area is 183 Å². The van der Waals surface area contributed by atoms with Crippen molar-refractivity contribution in [3.63, 3.8) is 0 Å². The summed E-state index contributed by atoms with van der Waals surface area (Å²) in [4.78, 5) is 18.7. The third-order valence-corrected chi connectivity index (χ3v) is 4.65. The third kappa shape index (κ3) is 6.92. The normalized spacial score (nSPS) is 11.2. The van der Waals surface area contributed by atoms with E-state index in [-0.39, 0.29) is 5.91 Å². The van der Waals surface area contributed by atoms with Gasteiger partial charge in [0.15, 0.2) is 0 Å². The average Bonchev–Trinajstić information content (AvgIpc) is 2.77. The van der Waals surface area contributed by atoms with Crippen molar-refractivity contribution in [3.8, 4) is 23.1 Å². The maximum atomic E-state index is 14.8. The molecule has 31 heavy (non-hydrogen) atoms. The van der Waals surface area contributed by atoms with Crippen LogP contribution >= 0.6 is 0 Å². The zero-order chi connectivity index (χ0) is 22.6. The molecule has 2 rings (SSSR count). The minimum atomic E-state index is -0.721. The number of likely N-dealkylation sites (N-methyl/N-ethyl adjacent to an activating group) is 3. The molecule has 0 saturated heterocycles. The molecule has 0 aliphatic rings. The van der Waals surface area contributed by atoms with E-state index in [2.05, 4.69) is 58.1 Å². The summed E-state index contributed by atoms with van der Waals surface area (Å²) in [5.74, 6) is 5.71. The Bertz CT molecular complexity index is 950. The van der Waals surface area contributed by atoms with Crippen LogP contribution in [0.4, 0.5) is 10.2 Å². The molecular weight excluding hydrogens is 393 g/mol. The Balaban J connectivity index is 2.23. The van der Waals surface area contributed by atoms with Gasteiger partial charge in [0.05, 0.1) is 5.69 Å². The molecule has 1 amide bonds. The first kappa shape index (κ1) is 24.1. The Kier molecular flexibility index (Phi) is 9.69. The molecule has 7 heteroatoms. The number of nitrogens with zero attached hydrogens (tertiary/aromatic N) is 2. The lowest BCUT2D eigenvalue weighted by molar-refractivity contribution is -0.120. The minimum Gasteiger partial charge on any atom is -0.356 e. The molecule has 3 N–H and O–H groups in total. The first-order valence-corrected chi connectivity index (χ1v) is 10.4. The molecule has 0 spiro atoms. The first-order valence-electron chi connectivity index (χ1n) is 10.4. The van der Waals surface area contributed by atoms with Gasteiger partial charge in [-0.15, -0.1) is 0 Å². The summed E-state index contributed by atoms with van der Waals surface area (Å²) < 4.78 is 14.8. The van der Waals surface area contributed by atoms with E-state index in [4.69, 9.17) is 0 Å². The topological polar surface area (TPSA) is 69.3 Å². The van der Waals surface area contributed by atoms with Crippen LogP contribution < -0.4 is 20.9 Å². The van der Waals surface area contributed by atoms with E-state index in [9.17, 15) is 9.18 Å². The predicted molar refractivity (Wildman–Crippen MR) is 124 cm³/mol. The molecule has 0 saturated carbocycles. The van der Waals surface area contributed by atoms with Crippen LogP contribution in [-0.2, 0) is 4.79 Å². The number of benzene rings is 1. The third-order valence-electron chi connectivity index (χ3n) is 4.65. The number of aromatic nitrogens is 1. The molecule has 1 aromatic carbocycles. The quantitative estimate of drug-likeness (QED) is 0.405. The van der Waals surface area contributed by atoms with Gasteiger partial charge in [-0.3, -0.25) is 10.1 Å². The molecule has 0 aliphatic heterocycles. The molecule has 0 aliphatic carbocycles. The summed E-state index contributed by atoms with van der Waals surface area (Å²) in [5, 5.41) is 8.59. The summed E-state index contributed by atoms with van der Waals surface area (Å²) in [5.41, 5.74) is 1.45. The molecule has 1 atom stereocenters. The molecule has 0 fully saturated rings. The number of nitrogens with one attached hydrogen (secondary N) is 3. The van der Waals surface area contributed by atoms with E-state index in [1.165, 1.54) is 12.3 Å². The number of carbonyl (C=O) groups excluding carboxylic acids is 1. The van der Waals surface area contributed by atoms with Gasteiger partial charge in [0.25, 0.3) is 5.91 Å². The predicted octanol–water partition coefficient (Wildman–Crippen LogP) is 2.52. The summed E-state index contributed by atoms with van der Waals surface area (Å²) in [7, 11) is 1.63. The Morgan fingerprint density at radius 3 is 2.77 bits per heavy atom. The van der Waals surface area contributed by atoms with Crippen molar-refractivity contribution in [1.29, 1.82) is 0 Å².